The van der Waals surface area contributed by atoms with Gasteiger partial charge >= 0.3 is 0 Å². The summed E-state index contributed by atoms with van der Waals surface area (Å²) in [5.74, 6) is 1.89. The molecular weight excluding hydrogens is 238 g/mol. The molecule has 0 saturated heterocycles. The van der Waals surface area contributed by atoms with Gasteiger partial charge in [-0.1, -0.05) is 13.8 Å². The van der Waals surface area contributed by atoms with Crippen molar-refractivity contribution in [3.63, 3.8) is 0 Å². The van der Waals surface area contributed by atoms with Crippen molar-refractivity contribution in [2.75, 3.05) is 6.54 Å². The quantitative estimate of drug-likeness (QED) is 0.777. The summed E-state index contributed by atoms with van der Waals surface area (Å²) < 4.78 is 7.91. The van der Waals surface area contributed by atoms with Crippen LogP contribution in [0.5, 0.6) is 0 Å². The Balaban J connectivity index is 2.09. The number of nitrogens with zero attached hydrogens (tertiary/aromatic N) is 2. The van der Waals surface area contributed by atoms with Gasteiger partial charge in [0, 0.05) is 12.2 Å². The lowest BCUT2D eigenvalue weighted by Gasteiger charge is -2.02. The predicted molar refractivity (Wildman–Crippen MR) is 77.0 cm³/mol. The summed E-state index contributed by atoms with van der Waals surface area (Å²) >= 11 is 0. The van der Waals surface area contributed by atoms with Crippen LogP contribution < -0.4 is 5.32 Å². The molecule has 0 amide bonds. The van der Waals surface area contributed by atoms with E-state index in [1.807, 2.05) is 23.0 Å². The van der Waals surface area contributed by atoms with E-state index >= 15 is 0 Å². The Morgan fingerprint density at radius 2 is 2.11 bits per heavy atom. The fourth-order valence-electron chi connectivity index (χ4n) is 2.13. The van der Waals surface area contributed by atoms with E-state index in [1.54, 1.807) is 0 Å². The van der Waals surface area contributed by atoms with E-state index in [0.29, 0.717) is 0 Å². The molecule has 0 aliphatic heterocycles. The van der Waals surface area contributed by atoms with Crippen molar-refractivity contribution >= 4 is 0 Å². The molecule has 19 heavy (non-hydrogen) atoms. The van der Waals surface area contributed by atoms with Gasteiger partial charge in [0.2, 0.25) is 0 Å². The Hall–Kier alpha value is -1.55. The second-order valence-electron chi connectivity index (χ2n) is 4.81. The highest BCUT2D eigenvalue weighted by Crippen LogP contribution is 2.25. The van der Waals surface area contributed by atoms with E-state index in [-0.39, 0.29) is 0 Å². The lowest BCUT2D eigenvalue weighted by Crippen LogP contribution is -2.12. The molecule has 0 aliphatic rings. The van der Waals surface area contributed by atoms with Crippen LogP contribution in [0.1, 0.15) is 38.1 Å². The van der Waals surface area contributed by atoms with Gasteiger partial charge in [0.25, 0.3) is 0 Å². The molecule has 0 radical (unpaired) electrons. The predicted octanol–water partition coefficient (Wildman–Crippen LogP) is 3.36. The van der Waals surface area contributed by atoms with Crippen molar-refractivity contribution in [3.8, 4) is 11.3 Å². The van der Waals surface area contributed by atoms with Crippen LogP contribution in [0, 0.1) is 6.92 Å². The molecule has 0 atom stereocenters. The summed E-state index contributed by atoms with van der Waals surface area (Å²) in [6.07, 6.45) is 4.12. The zero-order chi connectivity index (χ0) is 13.7. The van der Waals surface area contributed by atoms with Gasteiger partial charge in [-0.15, -0.1) is 0 Å². The molecule has 2 rings (SSSR count). The third-order valence-corrected chi connectivity index (χ3v) is 3.19. The number of hydrogen-bond donors (Lipinski definition) is 1. The van der Waals surface area contributed by atoms with E-state index in [1.165, 1.54) is 5.69 Å². The first kappa shape index (κ1) is 13.9. The molecule has 2 heterocycles. The summed E-state index contributed by atoms with van der Waals surface area (Å²) in [6, 6.07) is 4.07. The highest BCUT2D eigenvalue weighted by atomic mass is 16.3. The van der Waals surface area contributed by atoms with Gasteiger partial charge in [-0.2, -0.15) is 5.10 Å². The smallest absolute Gasteiger partial charge is 0.137 e. The third-order valence-electron chi connectivity index (χ3n) is 3.19. The number of rotatable bonds is 7. The van der Waals surface area contributed by atoms with Crippen molar-refractivity contribution < 1.29 is 4.42 Å². The number of hydrogen-bond acceptors (Lipinski definition) is 3. The highest BCUT2D eigenvalue weighted by Gasteiger charge is 2.11. The summed E-state index contributed by atoms with van der Waals surface area (Å²) in [5.41, 5.74) is 2.26. The van der Waals surface area contributed by atoms with Crippen LogP contribution in [0.25, 0.3) is 11.3 Å². The van der Waals surface area contributed by atoms with Crippen molar-refractivity contribution in [1.29, 1.82) is 0 Å². The SMILES string of the molecule is CCCNCc1ccc(-c2cnn(CCC)c2C)o1. The van der Waals surface area contributed by atoms with Crippen LogP contribution in [-0.2, 0) is 13.1 Å². The minimum absolute atomic E-state index is 0.788. The molecule has 104 valence electrons. The second-order valence-corrected chi connectivity index (χ2v) is 4.81. The summed E-state index contributed by atoms with van der Waals surface area (Å²) in [5, 5.41) is 7.75. The first-order valence-electron chi connectivity index (χ1n) is 7.08. The van der Waals surface area contributed by atoms with Gasteiger partial charge in [-0.25, -0.2) is 0 Å². The fraction of sp³-hybridized carbons (Fsp3) is 0.533. The molecule has 0 aliphatic carbocycles. The van der Waals surface area contributed by atoms with Crippen LogP contribution in [0.3, 0.4) is 0 Å². The largest absolute Gasteiger partial charge is 0.460 e. The standard InChI is InChI=1S/C15H23N3O/c1-4-8-16-10-13-6-7-15(19-13)14-11-17-18(9-5-2)12(14)3/h6-7,11,16H,4-5,8-10H2,1-3H3. The lowest BCUT2D eigenvalue weighted by molar-refractivity contribution is 0.493. The van der Waals surface area contributed by atoms with Gasteiger partial charge in [0.15, 0.2) is 0 Å². The average molecular weight is 261 g/mol. The molecule has 0 fully saturated rings. The van der Waals surface area contributed by atoms with Gasteiger partial charge < -0.3 is 9.73 Å². The summed E-state index contributed by atoms with van der Waals surface area (Å²) in [7, 11) is 0. The monoisotopic (exact) mass is 261 g/mol. The van der Waals surface area contributed by atoms with E-state index in [4.69, 9.17) is 4.42 Å². The molecule has 0 unspecified atom stereocenters. The van der Waals surface area contributed by atoms with E-state index in [2.05, 4.69) is 31.2 Å². The number of aromatic nitrogens is 2. The zero-order valence-electron chi connectivity index (χ0n) is 12.1. The number of furan rings is 1. The maximum Gasteiger partial charge on any atom is 0.137 e. The second kappa shape index (κ2) is 6.57. The van der Waals surface area contributed by atoms with Crippen molar-refractivity contribution in [1.82, 2.24) is 15.1 Å². The maximum absolute atomic E-state index is 5.87. The Bertz CT molecular complexity index is 513. The molecule has 2 aromatic heterocycles. The van der Waals surface area contributed by atoms with Crippen LogP contribution in [-0.4, -0.2) is 16.3 Å². The Morgan fingerprint density at radius 3 is 2.84 bits per heavy atom. The molecular formula is C15H23N3O. The first-order valence-corrected chi connectivity index (χ1v) is 7.08. The molecule has 4 heteroatoms. The molecule has 0 aromatic carbocycles. The average Bonchev–Trinajstić information content (AvgIpc) is 2.99. The molecule has 0 spiro atoms. The minimum atomic E-state index is 0.788. The maximum atomic E-state index is 5.87. The summed E-state index contributed by atoms with van der Waals surface area (Å²) in [4.78, 5) is 0. The van der Waals surface area contributed by atoms with Crippen LogP contribution in [0.15, 0.2) is 22.7 Å². The van der Waals surface area contributed by atoms with Crippen molar-refractivity contribution in [2.24, 2.45) is 0 Å². The van der Waals surface area contributed by atoms with Crippen molar-refractivity contribution in [3.05, 3.63) is 29.8 Å². The molecule has 2 aromatic rings. The molecule has 0 saturated carbocycles. The van der Waals surface area contributed by atoms with E-state index in [0.717, 1.165) is 49.6 Å². The van der Waals surface area contributed by atoms with Gasteiger partial charge in [-0.3, -0.25) is 4.68 Å². The topological polar surface area (TPSA) is 43.0 Å². The molecule has 4 nitrogen and oxygen atoms in total. The first-order chi connectivity index (χ1) is 9.26. The third kappa shape index (κ3) is 3.26. The minimum Gasteiger partial charge on any atom is -0.460 e. The molecule has 1 N–H and O–H groups in total. The van der Waals surface area contributed by atoms with Gasteiger partial charge in [0.1, 0.15) is 11.5 Å². The Kier molecular flexibility index (Phi) is 4.80. The molecule has 0 bridgehead atoms. The normalized spacial score (nSPS) is 11.1. The Morgan fingerprint density at radius 1 is 1.26 bits per heavy atom. The van der Waals surface area contributed by atoms with E-state index in [9.17, 15) is 0 Å². The number of aryl methyl sites for hydroxylation is 1. The van der Waals surface area contributed by atoms with Crippen molar-refractivity contribution in [2.45, 2.75) is 46.7 Å². The van der Waals surface area contributed by atoms with Crippen LogP contribution in [0.4, 0.5) is 0 Å². The van der Waals surface area contributed by atoms with Crippen LogP contribution in [0.2, 0.25) is 0 Å². The summed E-state index contributed by atoms with van der Waals surface area (Å²) in [6.45, 7) is 9.17. The van der Waals surface area contributed by atoms with E-state index < -0.39 is 0 Å². The van der Waals surface area contributed by atoms with Gasteiger partial charge in [-0.05, 0) is 38.4 Å². The Labute approximate surface area is 114 Å². The zero-order valence-corrected chi connectivity index (χ0v) is 12.1. The fourth-order valence-corrected chi connectivity index (χ4v) is 2.13. The highest BCUT2D eigenvalue weighted by molar-refractivity contribution is 5.59. The van der Waals surface area contributed by atoms with Gasteiger partial charge in [0.05, 0.1) is 18.3 Å². The van der Waals surface area contributed by atoms with Crippen LogP contribution >= 0.6 is 0 Å². The lowest BCUT2D eigenvalue weighted by atomic mass is 10.2. The number of nitrogens with one attached hydrogen (secondary N) is 1.